The normalized spacial score (nSPS) is 13.1. The third kappa shape index (κ3) is 1.58. The summed E-state index contributed by atoms with van der Waals surface area (Å²) in [6.45, 7) is 3.93. The summed E-state index contributed by atoms with van der Waals surface area (Å²) in [6, 6.07) is 7.99. The summed E-state index contributed by atoms with van der Waals surface area (Å²) in [5, 5.41) is 0. The van der Waals surface area contributed by atoms with Crippen molar-refractivity contribution in [3.8, 4) is 0 Å². The van der Waals surface area contributed by atoms with E-state index in [-0.39, 0.29) is 6.04 Å². The number of hydrogen-bond acceptors (Lipinski definition) is 0. The van der Waals surface area contributed by atoms with Crippen molar-refractivity contribution < 1.29 is 0 Å². The number of benzene rings is 1. The first-order chi connectivity index (χ1) is 4.70. The second-order valence-corrected chi connectivity index (χ2v) is 2.64. The van der Waals surface area contributed by atoms with Gasteiger partial charge >= 0.3 is 0 Å². The van der Waals surface area contributed by atoms with Crippen molar-refractivity contribution in [1.82, 2.24) is 5.73 Å². The summed E-state index contributed by atoms with van der Waals surface area (Å²) in [6.07, 6.45) is 0. The average molecular weight is 134 g/mol. The molecule has 1 aromatic carbocycles. The van der Waals surface area contributed by atoms with Crippen molar-refractivity contribution in [3.63, 3.8) is 0 Å². The van der Waals surface area contributed by atoms with Crippen molar-refractivity contribution >= 4 is 0 Å². The second-order valence-electron chi connectivity index (χ2n) is 2.64. The monoisotopic (exact) mass is 134 g/mol. The highest BCUT2D eigenvalue weighted by molar-refractivity contribution is 5.23. The van der Waals surface area contributed by atoms with E-state index in [1.807, 2.05) is 32.0 Å². The van der Waals surface area contributed by atoms with Crippen LogP contribution in [0.1, 0.15) is 24.1 Å². The number of aryl methyl sites for hydroxylation is 1. The van der Waals surface area contributed by atoms with E-state index >= 15 is 0 Å². The van der Waals surface area contributed by atoms with Crippen molar-refractivity contribution in [3.05, 3.63) is 35.4 Å². The van der Waals surface area contributed by atoms with Gasteiger partial charge in [-0.05, 0) is 19.4 Å². The van der Waals surface area contributed by atoms with Gasteiger partial charge in [0.2, 0.25) is 0 Å². The van der Waals surface area contributed by atoms with Gasteiger partial charge in [0, 0.05) is 6.04 Å². The summed E-state index contributed by atoms with van der Waals surface area (Å²) in [4.78, 5) is 0. The molecule has 1 unspecified atom stereocenters. The SMILES string of the molecule is Cc1cccc(C(C)[NH])c1. The minimum atomic E-state index is -0.0973. The van der Waals surface area contributed by atoms with Gasteiger partial charge in [-0.25, -0.2) is 0 Å². The maximum absolute atomic E-state index is 7.42. The third-order valence-electron chi connectivity index (χ3n) is 1.54. The van der Waals surface area contributed by atoms with Crippen LogP contribution in [0.3, 0.4) is 0 Å². The van der Waals surface area contributed by atoms with Crippen LogP contribution in [-0.2, 0) is 0 Å². The predicted molar refractivity (Wildman–Crippen MR) is 42.7 cm³/mol. The van der Waals surface area contributed by atoms with Crippen LogP contribution in [0.4, 0.5) is 0 Å². The molecule has 0 saturated carbocycles. The molecule has 1 nitrogen and oxygen atoms in total. The largest absolute Gasteiger partial charge is 0.250 e. The Bertz CT molecular complexity index is 216. The van der Waals surface area contributed by atoms with Crippen molar-refractivity contribution in [2.45, 2.75) is 19.9 Å². The molecular formula is C9H12N. The summed E-state index contributed by atoms with van der Waals surface area (Å²) < 4.78 is 0. The fraction of sp³-hybridized carbons (Fsp3) is 0.333. The lowest BCUT2D eigenvalue weighted by molar-refractivity contribution is 0.786. The minimum Gasteiger partial charge on any atom is -0.250 e. The molecule has 0 aromatic heterocycles. The molecule has 1 N–H and O–H groups in total. The maximum Gasteiger partial charge on any atom is 0.0434 e. The molecule has 53 valence electrons. The highest BCUT2D eigenvalue weighted by atomic mass is 14.6. The van der Waals surface area contributed by atoms with Gasteiger partial charge in [-0.2, -0.15) is 0 Å². The number of nitrogens with one attached hydrogen (secondary N) is 1. The minimum absolute atomic E-state index is 0.0973. The van der Waals surface area contributed by atoms with Crippen molar-refractivity contribution in [2.75, 3.05) is 0 Å². The molecule has 1 heteroatoms. The zero-order chi connectivity index (χ0) is 7.56. The van der Waals surface area contributed by atoms with E-state index in [0.717, 1.165) is 5.56 Å². The molecule has 0 aliphatic heterocycles. The molecular weight excluding hydrogens is 122 g/mol. The molecule has 10 heavy (non-hydrogen) atoms. The lowest BCUT2D eigenvalue weighted by Crippen LogP contribution is -1.92. The Labute approximate surface area is 61.9 Å². The first-order valence-electron chi connectivity index (χ1n) is 3.48. The van der Waals surface area contributed by atoms with Crippen LogP contribution in [0.2, 0.25) is 0 Å². The number of hydrogen-bond donors (Lipinski definition) is 0. The van der Waals surface area contributed by atoms with Crippen LogP contribution < -0.4 is 5.73 Å². The summed E-state index contributed by atoms with van der Waals surface area (Å²) >= 11 is 0. The summed E-state index contributed by atoms with van der Waals surface area (Å²) in [7, 11) is 0. The Hall–Kier alpha value is -0.820. The molecule has 0 bridgehead atoms. The van der Waals surface area contributed by atoms with Crippen molar-refractivity contribution in [1.29, 1.82) is 0 Å². The molecule has 0 spiro atoms. The highest BCUT2D eigenvalue weighted by Gasteiger charge is 1.97. The van der Waals surface area contributed by atoms with Gasteiger partial charge in [0.05, 0.1) is 0 Å². The van der Waals surface area contributed by atoms with Crippen LogP contribution in [0.5, 0.6) is 0 Å². The maximum atomic E-state index is 7.42. The molecule has 0 saturated heterocycles. The molecule has 1 rings (SSSR count). The first kappa shape index (κ1) is 7.29. The fourth-order valence-electron chi connectivity index (χ4n) is 0.939. The topological polar surface area (TPSA) is 23.8 Å². The molecule has 1 aromatic rings. The van der Waals surface area contributed by atoms with E-state index in [4.69, 9.17) is 5.73 Å². The molecule has 0 aliphatic rings. The average Bonchev–Trinajstić information content (AvgIpc) is 1.88. The van der Waals surface area contributed by atoms with Gasteiger partial charge in [-0.3, -0.25) is 5.73 Å². The van der Waals surface area contributed by atoms with Gasteiger partial charge in [0.1, 0.15) is 0 Å². The standard InChI is InChI=1S/C9H12N/c1-7-4-3-5-9(6-7)8(2)10/h3-6,8,10H,1-2H3. The van der Waals surface area contributed by atoms with Crippen LogP contribution >= 0.6 is 0 Å². The lowest BCUT2D eigenvalue weighted by Gasteiger charge is -2.03. The Balaban J connectivity index is 2.96. The Morgan fingerprint density at radius 3 is 2.50 bits per heavy atom. The molecule has 0 fully saturated rings. The van der Waals surface area contributed by atoms with E-state index in [1.165, 1.54) is 5.56 Å². The zero-order valence-corrected chi connectivity index (χ0v) is 6.39. The van der Waals surface area contributed by atoms with E-state index < -0.39 is 0 Å². The van der Waals surface area contributed by atoms with Gasteiger partial charge in [0.25, 0.3) is 0 Å². The van der Waals surface area contributed by atoms with Crippen LogP contribution in [0, 0.1) is 6.92 Å². The van der Waals surface area contributed by atoms with E-state index in [2.05, 4.69) is 6.07 Å². The lowest BCUT2D eigenvalue weighted by atomic mass is 10.1. The first-order valence-corrected chi connectivity index (χ1v) is 3.48. The van der Waals surface area contributed by atoms with Gasteiger partial charge < -0.3 is 0 Å². The molecule has 0 heterocycles. The van der Waals surface area contributed by atoms with E-state index in [0.29, 0.717) is 0 Å². The van der Waals surface area contributed by atoms with E-state index in [1.54, 1.807) is 0 Å². The van der Waals surface area contributed by atoms with Crippen LogP contribution in [-0.4, -0.2) is 0 Å². The number of rotatable bonds is 1. The molecule has 0 aliphatic carbocycles. The zero-order valence-electron chi connectivity index (χ0n) is 6.39. The Morgan fingerprint density at radius 1 is 1.40 bits per heavy atom. The fourth-order valence-corrected chi connectivity index (χ4v) is 0.939. The summed E-state index contributed by atoms with van der Waals surface area (Å²) in [5.74, 6) is 0. The quantitative estimate of drug-likeness (QED) is 0.563. The van der Waals surface area contributed by atoms with Crippen molar-refractivity contribution in [2.24, 2.45) is 0 Å². The highest BCUT2D eigenvalue weighted by Crippen LogP contribution is 2.11. The molecule has 1 atom stereocenters. The molecule has 1 radical (unpaired) electrons. The predicted octanol–water partition coefficient (Wildman–Crippen LogP) is 2.34. The third-order valence-corrected chi connectivity index (χ3v) is 1.54. The van der Waals surface area contributed by atoms with Gasteiger partial charge in [-0.1, -0.05) is 29.8 Å². The molecule has 0 amide bonds. The Kier molecular flexibility index (Phi) is 2.07. The smallest absolute Gasteiger partial charge is 0.0434 e. The van der Waals surface area contributed by atoms with Crippen LogP contribution in [0.25, 0.3) is 0 Å². The van der Waals surface area contributed by atoms with Crippen LogP contribution in [0.15, 0.2) is 24.3 Å². The van der Waals surface area contributed by atoms with Gasteiger partial charge in [0.15, 0.2) is 0 Å². The van der Waals surface area contributed by atoms with Gasteiger partial charge in [-0.15, -0.1) is 0 Å². The second kappa shape index (κ2) is 2.84. The Morgan fingerprint density at radius 2 is 2.10 bits per heavy atom. The van der Waals surface area contributed by atoms with E-state index in [9.17, 15) is 0 Å². The summed E-state index contributed by atoms with van der Waals surface area (Å²) in [5.41, 5.74) is 9.75.